The van der Waals surface area contributed by atoms with E-state index in [1.54, 1.807) is 12.4 Å². The molecule has 0 aliphatic carbocycles. The van der Waals surface area contributed by atoms with Crippen LogP contribution in [-0.2, 0) is 6.54 Å². The molecule has 0 fully saturated rings. The third-order valence-corrected chi connectivity index (χ3v) is 3.47. The van der Waals surface area contributed by atoms with Gasteiger partial charge in [0.1, 0.15) is 0 Å². The van der Waals surface area contributed by atoms with Gasteiger partial charge in [-0.1, -0.05) is 6.07 Å². The van der Waals surface area contributed by atoms with Gasteiger partial charge in [0.2, 0.25) is 0 Å². The van der Waals surface area contributed by atoms with Gasteiger partial charge in [-0.15, -0.1) is 11.3 Å². The summed E-state index contributed by atoms with van der Waals surface area (Å²) < 4.78 is 0. The summed E-state index contributed by atoms with van der Waals surface area (Å²) in [6.45, 7) is 4.35. The van der Waals surface area contributed by atoms with Crippen molar-refractivity contribution in [2.75, 3.05) is 0 Å². The highest BCUT2D eigenvalue weighted by atomic mass is 32.1. The van der Waals surface area contributed by atoms with Crippen LogP contribution in [0.2, 0.25) is 0 Å². The molecule has 0 saturated heterocycles. The minimum Gasteiger partial charge on any atom is -0.346 e. The normalized spacial score (nSPS) is 10.2. The lowest BCUT2D eigenvalue weighted by Crippen LogP contribution is -2.22. The lowest BCUT2D eigenvalue weighted by atomic mass is 10.3. The van der Waals surface area contributed by atoms with Gasteiger partial charge < -0.3 is 5.32 Å². The van der Waals surface area contributed by atoms with Crippen LogP contribution in [0.3, 0.4) is 0 Å². The van der Waals surface area contributed by atoms with Crippen molar-refractivity contribution in [3.8, 4) is 0 Å². The van der Waals surface area contributed by atoms with Gasteiger partial charge in [0, 0.05) is 23.8 Å². The number of amides is 1. The van der Waals surface area contributed by atoms with Crippen LogP contribution in [0.4, 0.5) is 0 Å². The first-order chi connectivity index (χ1) is 8.16. The molecule has 0 bridgehead atoms. The number of nitrogens with zero attached hydrogens (tertiary/aromatic N) is 2. The topological polar surface area (TPSA) is 54.9 Å². The van der Waals surface area contributed by atoms with Crippen LogP contribution < -0.4 is 5.32 Å². The third-order valence-electron chi connectivity index (χ3n) is 2.40. The monoisotopic (exact) mass is 247 g/mol. The largest absolute Gasteiger partial charge is 0.346 e. The highest BCUT2D eigenvalue weighted by molar-refractivity contribution is 7.13. The molecule has 0 radical (unpaired) electrons. The number of carbonyl (C=O) groups is 1. The summed E-state index contributed by atoms with van der Waals surface area (Å²) in [6.07, 6.45) is 3.44. The lowest BCUT2D eigenvalue weighted by Gasteiger charge is -2.01. The predicted octanol–water partition coefficient (Wildman–Crippen LogP) is 2.08. The fourth-order valence-corrected chi connectivity index (χ4v) is 2.16. The van der Waals surface area contributed by atoms with Gasteiger partial charge in [0.15, 0.2) is 5.01 Å². The van der Waals surface area contributed by atoms with E-state index in [2.05, 4.69) is 15.3 Å². The molecule has 0 aromatic carbocycles. The summed E-state index contributed by atoms with van der Waals surface area (Å²) in [5, 5.41) is 3.34. The summed E-state index contributed by atoms with van der Waals surface area (Å²) in [4.78, 5) is 21.1. The van der Waals surface area contributed by atoms with Crippen LogP contribution in [0.5, 0.6) is 0 Å². The van der Waals surface area contributed by atoms with Crippen LogP contribution in [0.1, 0.15) is 25.9 Å². The first-order valence-corrected chi connectivity index (χ1v) is 6.09. The van der Waals surface area contributed by atoms with E-state index < -0.39 is 0 Å². The third kappa shape index (κ3) is 2.88. The van der Waals surface area contributed by atoms with Crippen LogP contribution in [0.15, 0.2) is 24.5 Å². The Labute approximate surface area is 104 Å². The Hall–Kier alpha value is -1.75. The quantitative estimate of drug-likeness (QED) is 0.903. The molecule has 0 spiro atoms. The molecule has 0 atom stereocenters. The van der Waals surface area contributed by atoms with Gasteiger partial charge in [0.25, 0.3) is 5.91 Å². The summed E-state index contributed by atoms with van der Waals surface area (Å²) in [5.41, 5.74) is 1.90. The van der Waals surface area contributed by atoms with Crippen molar-refractivity contribution in [2.45, 2.75) is 20.4 Å². The SMILES string of the molecule is Cc1nc(C(=O)NCc2cccnc2)sc1C. The van der Waals surface area contributed by atoms with Gasteiger partial charge >= 0.3 is 0 Å². The Morgan fingerprint density at radius 1 is 1.47 bits per heavy atom. The fraction of sp³-hybridized carbons (Fsp3) is 0.250. The van der Waals surface area contributed by atoms with Crippen LogP contribution in [-0.4, -0.2) is 15.9 Å². The number of hydrogen-bond donors (Lipinski definition) is 1. The van der Waals surface area contributed by atoms with E-state index in [1.807, 2.05) is 26.0 Å². The molecular formula is C12H13N3OS. The van der Waals surface area contributed by atoms with Gasteiger partial charge in [-0.2, -0.15) is 0 Å². The zero-order valence-electron chi connectivity index (χ0n) is 9.73. The molecule has 2 aromatic heterocycles. The summed E-state index contributed by atoms with van der Waals surface area (Å²) in [6, 6.07) is 3.77. The molecule has 17 heavy (non-hydrogen) atoms. The second kappa shape index (κ2) is 5.05. The van der Waals surface area contributed by atoms with Gasteiger partial charge in [-0.25, -0.2) is 4.98 Å². The number of thiazole rings is 1. The Morgan fingerprint density at radius 3 is 2.88 bits per heavy atom. The predicted molar refractivity (Wildman–Crippen MR) is 67.0 cm³/mol. The van der Waals surface area contributed by atoms with Gasteiger partial charge in [-0.05, 0) is 25.5 Å². The maximum atomic E-state index is 11.8. The maximum absolute atomic E-state index is 11.8. The van der Waals surface area contributed by atoms with E-state index >= 15 is 0 Å². The number of hydrogen-bond acceptors (Lipinski definition) is 4. The molecule has 1 N–H and O–H groups in total. The molecule has 1 amide bonds. The van der Waals surface area contributed by atoms with Crippen molar-refractivity contribution in [3.05, 3.63) is 45.7 Å². The van der Waals surface area contributed by atoms with Crippen molar-refractivity contribution in [1.29, 1.82) is 0 Å². The highest BCUT2D eigenvalue weighted by Crippen LogP contribution is 2.16. The molecule has 5 heteroatoms. The van der Waals surface area contributed by atoms with E-state index in [9.17, 15) is 4.79 Å². The van der Waals surface area contributed by atoms with Crippen LogP contribution in [0.25, 0.3) is 0 Å². The van der Waals surface area contributed by atoms with Crippen molar-refractivity contribution in [3.63, 3.8) is 0 Å². The van der Waals surface area contributed by atoms with Crippen molar-refractivity contribution < 1.29 is 4.79 Å². The first kappa shape index (κ1) is 11.7. The van der Waals surface area contributed by atoms with E-state index in [4.69, 9.17) is 0 Å². The minimum atomic E-state index is -0.130. The number of nitrogens with one attached hydrogen (secondary N) is 1. The smallest absolute Gasteiger partial charge is 0.280 e. The average Bonchev–Trinajstić information content (AvgIpc) is 2.68. The Bertz CT molecular complexity index is 502. The summed E-state index contributed by atoms with van der Waals surface area (Å²) in [7, 11) is 0. The molecule has 0 unspecified atom stereocenters. The van der Waals surface area contributed by atoms with Crippen molar-refractivity contribution >= 4 is 17.2 Å². The molecular weight excluding hydrogens is 234 g/mol. The average molecular weight is 247 g/mol. The highest BCUT2D eigenvalue weighted by Gasteiger charge is 2.11. The zero-order chi connectivity index (χ0) is 12.3. The molecule has 0 aliphatic heterocycles. The number of carbonyl (C=O) groups excluding carboxylic acids is 1. The van der Waals surface area contributed by atoms with Crippen LogP contribution in [0, 0.1) is 13.8 Å². The number of aryl methyl sites for hydroxylation is 2. The van der Waals surface area contributed by atoms with Crippen molar-refractivity contribution in [2.24, 2.45) is 0 Å². The van der Waals surface area contributed by atoms with E-state index in [0.29, 0.717) is 11.6 Å². The maximum Gasteiger partial charge on any atom is 0.280 e. The lowest BCUT2D eigenvalue weighted by molar-refractivity contribution is 0.0950. The number of aromatic nitrogens is 2. The Morgan fingerprint density at radius 2 is 2.29 bits per heavy atom. The second-order valence-corrected chi connectivity index (χ2v) is 4.91. The number of rotatable bonds is 3. The van der Waals surface area contributed by atoms with E-state index in [-0.39, 0.29) is 5.91 Å². The summed E-state index contributed by atoms with van der Waals surface area (Å²) in [5.74, 6) is -0.130. The first-order valence-electron chi connectivity index (χ1n) is 5.28. The standard InChI is InChI=1S/C12H13N3OS/c1-8-9(2)17-12(15-8)11(16)14-7-10-4-3-5-13-6-10/h3-6H,7H2,1-2H3,(H,14,16). The molecule has 0 saturated carbocycles. The van der Waals surface area contributed by atoms with Gasteiger partial charge in [0.05, 0.1) is 5.69 Å². The second-order valence-electron chi connectivity index (χ2n) is 3.70. The Balaban J connectivity index is 1.98. The summed E-state index contributed by atoms with van der Waals surface area (Å²) >= 11 is 1.42. The number of pyridine rings is 1. The van der Waals surface area contributed by atoms with Gasteiger partial charge in [-0.3, -0.25) is 9.78 Å². The fourth-order valence-electron chi connectivity index (χ4n) is 1.33. The zero-order valence-corrected chi connectivity index (χ0v) is 10.5. The van der Waals surface area contributed by atoms with Crippen molar-refractivity contribution in [1.82, 2.24) is 15.3 Å². The molecule has 2 heterocycles. The molecule has 2 rings (SSSR count). The Kier molecular flexibility index (Phi) is 3.49. The molecule has 4 nitrogen and oxygen atoms in total. The molecule has 0 aliphatic rings. The minimum absolute atomic E-state index is 0.130. The van der Waals surface area contributed by atoms with E-state index in [0.717, 1.165) is 16.1 Å². The van der Waals surface area contributed by atoms with Crippen LogP contribution >= 0.6 is 11.3 Å². The molecule has 2 aromatic rings. The van der Waals surface area contributed by atoms with E-state index in [1.165, 1.54) is 11.3 Å². The molecule has 88 valence electrons.